The van der Waals surface area contributed by atoms with Crippen molar-refractivity contribution >= 4 is 27.7 Å². The van der Waals surface area contributed by atoms with Gasteiger partial charge in [0, 0.05) is 30.4 Å². The molecular formula is C30H33BrN2O4. The Labute approximate surface area is 227 Å². The zero-order valence-electron chi connectivity index (χ0n) is 21.1. The van der Waals surface area contributed by atoms with Gasteiger partial charge in [-0.2, -0.15) is 0 Å². The SMILES string of the molecule is CCCNC(=O)[C@H](Cc1ccccc1)N(Cc1cccc(Br)c1)C(=O)CCc1ccc2c(c1)OCCO2. The van der Waals surface area contributed by atoms with Crippen molar-refractivity contribution in [1.82, 2.24) is 10.2 Å². The molecule has 1 N–H and O–H groups in total. The lowest BCUT2D eigenvalue weighted by atomic mass is 10.0. The molecule has 37 heavy (non-hydrogen) atoms. The van der Waals surface area contributed by atoms with Crippen LogP contribution in [0.3, 0.4) is 0 Å². The first-order valence-corrected chi connectivity index (χ1v) is 13.6. The summed E-state index contributed by atoms with van der Waals surface area (Å²) < 4.78 is 12.3. The van der Waals surface area contributed by atoms with Crippen molar-refractivity contribution in [2.75, 3.05) is 19.8 Å². The van der Waals surface area contributed by atoms with Crippen LogP contribution in [0.1, 0.15) is 36.5 Å². The Kier molecular flexibility index (Phi) is 9.60. The molecule has 0 saturated heterocycles. The minimum Gasteiger partial charge on any atom is -0.486 e. The number of nitrogens with one attached hydrogen (secondary N) is 1. The molecule has 1 heterocycles. The number of carbonyl (C=O) groups is 2. The average Bonchev–Trinajstić information content (AvgIpc) is 2.92. The van der Waals surface area contributed by atoms with Gasteiger partial charge in [0.15, 0.2) is 11.5 Å². The predicted octanol–water partition coefficient (Wildman–Crippen LogP) is 5.32. The summed E-state index contributed by atoms with van der Waals surface area (Å²) in [7, 11) is 0. The van der Waals surface area contributed by atoms with Crippen molar-refractivity contribution in [3.05, 3.63) is 94.0 Å². The number of rotatable bonds is 11. The molecule has 0 unspecified atom stereocenters. The molecule has 0 bridgehead atoms. The van der Waals surface area contributed by atoms with Gasteiger partial charge < -0.3 is 19.7 Å². The van der Waals surface area contributed by atoms with Crippen LogP contribution in [0.4, 0.5) is 0 Å². The third kappa shape index (κ3) is 7.59. The fraction of sp³-hybridized carbons (Fsp3) is 0.333. The number of hydrogen-bond donors (Lipinski definition) is 1. The fourth-order valence-electron chi connectivity index (χ4n) is 4.39. The summed E-state index contributed by atoms with van der Waals surface area (Å²) in [6.07, 6.45) is 2.09. The number of amides is 2. The van der Waals surface area contributed by atoms with Crippen LogP contribution in [0.5, 0.6) is 11.5 Å². The summed E-state index contributed by atoms with van der Waals surface area (Å²) in [5.41, 5.74) is 2.97. The van der Waals surface area contributed by atoms with Crippen molar-refractivity contribution < 1.29 is 19.1 Å². The maximum atomic E-state index is 13.8. The molecule has 0 saturated carbocycles. The lowest BCUT2D eigenvalue weighted by molar-refractivity contribution is -0.141. The van der Waals surface area contributed by atoms with Gasteiger partial charge in [-0.1, -0.05) is 71.4 Å². The lowest BCUT2D eigenvalue weighted by Gasteiger charge is -2.32. The van der Waals surface area contributed by atoms with Crippen LogP contribution >= 0.6 is 15.9 Å². The van der Waals surface area contributed by atoms with E-state index >= 15 is 0 Å². The van der Waals surface area contributed by atoms with Crippen molar-refractivity contribution in [3.8, 4) is 11.5 Å². The second kappa shape index (κ2) is 13.3. The van der Waals surface area contributed by atoms with E-state index in [0.717, 1.165) is 33.3 Å². The van der Waals surface area contributed by atoms with E-state index in [0.29, 0.717) is 44.9 Å². The number of ether oxygens (including phenoxy) is 2. The molecule has 194 valence electrons. The second-order valence-corrected chi connectivity index (χ2v) is 10.0. The average molecular weight is 566 g/mol. The molecule has 0 fully saturated rings. The first-order valence-electron chi connectivity index (χ1n) is 12.8. The number of aryl methyl sites for hydroxylation is 1. The smallest absolute Gasteiger partial charge is 0.243 e. The van der Waals surface area contributed by atoms with Crippen LogP contribution in [0.25, 0.3) is 0 Å². The van der Waals surface area contributed by atoms with Crippen LogP contribution in [-0.2, 0) is 29.0 Å². The molecule has 0 radical (unpaired) electrons. The van der Waals surface area contributed by atoms with E-state index in [1.54, 1.807) is 4.90 Å². The topological polar surface area (TPSA) is 67.9 Å². The van der Waals surface area contributed by atoms with Gasteiger partial charge in [-0.05, 0) is 53.8 Å². The van der Waals surface area contributed by atoms with Gasteiger partial charge in [0.05, 0.1) is 0 Å². The summed E-state index contributed by atoms with van der Waals surface area (Å²) >= 11 is 3.53. The first-order chi connectivity index (χ1) is 18.0. The summed E-state index contributed by atoms with van der Waals surface area (Å²) in [6.45, 7) is 3.99. The molecule has 6 nitrogen and oxygen atoms in total. The van der Waals surface area contributed by atoms with E-state index < -0.39 is 6.04 Å². The van der Waals surface area contributed by atoms with Crippen LogP contribution in [0, 0.1) is 0 Å². The largest absolute Gasteiger partial charge is 0.486 e. The van der Waals surface area contributed by atoms with Gasteiger partial charge in [0.1, 0.15) is 19.3 Å². The molecule has 4 rings (SSSR count). The summed E-state index contributed by atoms with van der Waals surface area (Å²) in [4.78, 5) is 28.9. The summed E-state index contributed by atoms with van der Waals surface area (Å²) in [5.74, 6) is 1.24. The summed E-state index contributed by atoms with van der Waals surface area (Å²) in [6, 6.07) is 22.9. The fourth-order valence-corrected chi connectivity index (χ4v) is 4.84. The number of benzene rings is 3. The molecular weight excluding hydrogens is 532 g/mol. The Morgan fingerprint density at radius 3 is 2.43 bits per heavy atom. The van der Waals surface area contributed by atoms with Crippen molar-refractivity contribution in [2.45, 2.75) is 45.2 Å². The first kappa shape index (κ1) is 26.7. The van der Waals surface area contributed by atoms with Crippen molar-refractivity contribution in [2.24, 2.45) is 0 Å². The van der Waals surface area contributed by atoms with Gasteiger partial charge in [-0.15, -0.1) is 0 Å². The Morgan fingerprint density at radius 2 is 1.68 bits per heavy atom. The number of halogens is 1. The molecule has 0 spiro atoms. The van der Waals surface area contributed by atoms with Gasteiger partial charge in [0.25, 0.3) is 0 Å². The molecule has 0 aliphatic carbocycles. The minimum absolute atomic E-state index is 0.0672. The standard InChI is InChI=1S/C30H33BrN2O4/c1-2-15-32-30(35)26(19-22-7-4-3-5-8-22)33(21-24-9-6-10-25(31)18-24)29(34)14-12-23-11-13-27-28(20-23)37-17-16-36-27/h3-11,13,18,20,26H,2,12,14-17,19,21H2,1H3,(H,32,35)/t26-/m0/s1. The number of fused-ring (bicyclic) bond motifs is 1. The molecule has 2 amide bonds. The molecule has 1 aliphatic heterocycles. The highest BCUT2D eigenvalue weighted by atomic mass is 79.9. The van der Waals surface area contributed by atoms with E-state index in [4.69, 9.17) is 9.47 Å². The molecule has 3 aromatic carbocycles. The van der Waals surface area contributed by atoms with Crippen LogP contribution in [-0.4, -0.2) is 42.5 Å². The molecule has 0 aromatic heterocycles. The monoisotopic (exact) mass is 564 g/mol. The minimum atomic E-state index is -0.624. The third-order valence-corrected chi connectivity index (χ3v) is 6.79. The second-order valence-electron chi connectivity index (χ2n) is 9.13. The summed E-state index contributed by atoms with van der Waals surface area (Å²) in [5, 5.41) is 3.02. The normalized spacial score (nSPS) is 13.0. The molecule has 1 aliphatic rings. The number of carbonyl (C=O) groups excluding carboxylic acids is 2. The van der Waals surface area contributed by atoms with Crippen LogP contribution in [0.15, 0.2) is 77.3 Å². The Bertz CT molecular complexity index is 1200. The molecule has 3 aromatic rings. The zero-order valence-corrected chi connectivity index (χ0v) is 22.7. The van der Waals surface area contributed by atoms with Gasteiger partial charge in [-0.3, -0.25) is 9.59 Å². The number of nitrogens with zero attached hydrogens (tertiary/aromatic N) is 1. The van der Waals surface area contributed by atoms with Crippen LogP contribution in [0.2, 0.25) is 0 Å². The zero-order chi connectivity index (χ0) is 26.0. The maximum Gasteiger partial charge on any atom is 0.243 e. The highest BCUT2D eigenvalue weighted by Crippen LogP contribution is 2.31. The predicted molar refractivity (Wildman–Crippen MR) is 148 cm³/mol. The van der Waals surface area contributed by atoms with E-state index in [-0.39, 0.29) is 18.2 Å². The van der Waals surface area contributed by atoms with E-state index in [1.165, 1.54) is 0 Å². The number of hydrogen-bond acceptors (Lipinski definition) is 4. The van der Waals surface area contributed by atoms with E-state index in [1.807, 2.05) is 79.7 Å². The van der Waals surface area contributed by atoms with E-state index in [2.05, 4.69) is 21.2 Å². The molecule has 1 atom stereocenters. The van der Waals surface area contributed by atoms with Gasteiger partial charge in [-0.25, -0.2) is 0 Å². The van der Waals surface area contributed by atoms with Gasteiger partial charge >= 0.3 is 0 Å². The highest BCUT2D eigenvalue weighted by Gasteiger charge is 2.30. The molecule has 7 heteroatoms. The Balaban J connectivity index is 1.58. The maximum absolute atomic E-state index is 13.8. The lowest BCUT2D eigenvalue weighted by Crippen LogP contribution is -2.50. The van der Waals surface area contributed by atoms with E-state index in [9.17, 15) is 9.59 Å². The van der Waals surface area contributed by atoms with Crippen molar-refractivity contribution in [1.29, 1.82) is 0 Å². The highest BCUT2D eigenvalue weighted by molar-refractivity contribution is 9.10. The van der Waals surface area contributed by atoms with Crippen molar-refractivity contribution in [3.63, 3.8) is 0 Å². The van der Waals surface area contributed by atoms with Crippen LogP contribution < -0.4 is 14.8 Å². The Morgan fingerprint density at radius 1 is 0.919 bits per heavy atom. The van der Waals surface area contributed by atoms with Gasteiger partial charge in [0.2, 0.25) is 11.8 Å². The third-order valence-electron chi connectivity index (χ3n) is 6.30. The quantitative estimate of drug-likeness (QED) is 0.342. The Hall–Kier alpha value is -3.32.